The molecule has 3 N–H and O–H groups in total. The van der Waals surface area contributed by atoms with E-state index in [2.05, 4.69) is 20.5 Å². The van der Waals surface area contributed by atoms with Crippen LogP contribution in [0.1, 0.15) is 22.8 Å². The van der Waals surface area contributed by atoms with E-state index >= 15 is 0 Å². The molecule has 0 fully saturated rings. The van der Waals surface area contributed by atoms with E-state index in [1.54, 1.807) is 54.6 Å². The van der Waals surface area contributed by atoms with Gasteiger partial charge in [0.05, 0.1) is 34.4 Å². The SMILES string of the molecule is CCOc1ccc(/C=N/NC(=O)c2ccc3nc(-c4ccccc4O)[nH]c3c2)cc1Cl. The van der Waals surface area contributed by atoms with Crippen LogP contribution in [-0.4, -0.2) is 33.8 Å². The highest BCUT2D eigenvalue weighted by Gasteiger charge is 2.11. The molecule has 1 aromatic heterocycles. The van der Waals surface area contributed by atoms with Crippen molar-refractivity contribution in [3.8, 4) is 22.9 Å². The standard InChI is InChI=1S/C23H19ClN4O3/c1-2-31-21-10-7-14(11-17(21)24)13-25-28-23(30)15-8-9-18-19(12-15)27-22(26-18)16-5-3-4-6-20(16)29/h3-13,29H,2H2,1H3,(H,26,27)(H,28,30)/b25-13+. The quantitative estimate of drug-likeness (QED) is 0.301. The number of para-hydroxylation sites is 1. The van der Waals surface area contributed by atoms with Crippen LogP contribution >= 0.6 is 11.6 Å². The lowest BCUT2D eigenvalue weighted by Gasteiger charge is -2.05. The highest BCUT2D eigenvalue weighted by Crippen LogP contribution is 2.28. The Morgan fingerprint density at radius 3 is 2.84 bits per heavy atom. The minimum Gasteiger partial charge on any atom is -0.507 e. The smallest absolute Gasteiger partial charge is 0.271 e. The fraction of sp³-hybridized carbons (Fsp3) is 0.0870. The topological polar surface area (TPSA) is 99.6 Å². The number of carbonyl (C=O) groups excluding carboxylic acids is 1. The van der Waals surface area contributed by atoms with Gasteiger partial charge < -0.3 is 14.8 Å². The second kappa shape index (κ2) is 8.89. The zero-order chi connectivity index (χ0) is 21.8. The van der Waals surface area contributed by atoms with Crippen molar-refractivity contribution >= 4 is 34.8 Å². The summed E-state index contributed by atoms with van der Waals surface area (Å²) in [4.78, 5) is 20.1. The first-order chi connectivity index (χ1) is 15.0. The minimum atomic E-state index is -0.367. The molecule has 8 heteroatoms. The average molecular weight is 435 g/mol. The van der Waals surface area contributed by atoms with Crippen LogP contribution in [0, 0.1) is 0 Å². The molecule has 0 saturated carbocycles. The number of aromatic hydroxyl groups is 1. The fourth-order valence-electron chi connectivity index (χ4n) is 3.05. The van der Waals surface area contributed by atoms with E-state index < -0.39 is 0 Å². The third-order valence-electron chi connectivity index (χ3n) is 4.54. The number of amides is 1. The number of phenols is 1. The number of nitrogens with one attached hydrogen (secondary N) is 2. The van der Waals surface area contributed by atoms with E-state index in [9.17, 15) is 9.90 Å². The Morgan fingerprint density at radius 1 is 1.23 bits per heavy atom. The molecule has 0 aliphatic rings. The third-order valence-corrected chi connectivity index (χ3v) is 4.83. The van der Waals surface area contributed by atoms with Gasteiger partial charge in [-0.15, -0.1) is 0 Å². The maximum absolute atomic E-state index is 12.5. The molecule has 4 rings (SSSR count). The van der Waals surface area contributed by atoms with Crippen molar-refractivity contribution in [3.05, 3.63) is 76.8 Å². The third kappa shape index (κ3) is 4.51. The van der Waals surface area contributed by atoms with Crippen LogP contribution in [0.5, 0.6) is 11.5 Å². The molecular formula is C23H19ClN4O3. The molecule has 0 atom stereocenters. The number of hydrogen-bond donors (Lipinski definition) is 3. The Bertz CT molecular complexity index is 1280. The molecule has 0 aliphatic heterocycles. The van der Waals surface area contributed by atoms with Crippen molar-refractivity contribution in [2.24, 2.45) is 5.10 Å². The van der Waals surface area contributed by atoms with Crippen LogP contribution in [0.2, 0.25) is 5.02 Å². The molecule has 1 amide bonds. The number of aromatic nitrogens is 2. The monoisotopic (exact) mass is 434 g/mol. The summed E-state index contributed by atoms with van der Waals surface area (Å²) in [7, 11) is 0. The molecule has 0 saturated heterocycles. The number of carbonyl (C=O) groups is 1. The molecule has 1 heterocycles. The van der Waals surface area contributed by atoms with E-state index in [1.165, 1.54) is 6.21 Å². The molecular weight excluding hydrogens is 416 g/mol. The number of rotatable bonds is 6. The van der Waals surface area contributed by atoms with Crippen molar-refractivity contribution < 1.29 is 14.6 Å². The lowest BCUT2D eigenvalue weighted by atomic mass is 10.2. The van der Waals surface area contributed by atoms with Gasteiger partial charge in [-0.2, -0.15) is 5.10 Å². The van der Waals surface area contributed by atoms with Crippen LogP contribution in [0.3, 0.4) is 0 Å². The Hall–Kier alpha value is -3.84. The molecule has 0 spiro atoms. The predicted molar refractivity (Wildman–Crippen MR) is 121 cm³/mol. The van der Waals surface area contributed by atoms with Gasteiger partial charge in [-0.3, -0.25) is 4.79 Å². The molecule has 0 radical (unpaired) electrons. The second-order valence-electron chi connectivity index (χ2n) is 6.66. The normalized spacial score (nSPS) is 11.2. The van der Waals surface area contributed by atoms with Gasteiger partial charge in [0.1, 0.15) is 17.3 Å². The van der Waals surface area contributed by atoms with Gasteiger partial charge in [0.25, 0.3) is 5.91 Å². The van der Waals surface area contributed by atoms with Crippen molar-refractivity contribution in [1.82, 2.24) is 15.4 Å². The second-order valence-corrected chi connectivity index (χ2v) is 7.06. The molecule has 31 heavy (non-hydrogen) atoms. The van der Waals surface area contributed by atoms with Crippen molar-refractivity contribution in [1.29, 1.82) is 0 Å². The van der Waals surface area contributed by atoms with E-state index in [4.69, 9.17) is 16.3 Å². The van der Waals surface area contributed by atoms with Gasteiger partial charge in [0, 0.05) is 5.56 Å². The summed E-state index contributed by atoms with van der Waals surface area (Å²) >= 11 is 6.16. The molecule has 0 bridgehead atoms. The Morgan fingerprint density at radius 2 is 2.06 bits per heavy atom. The van der Waals surface area contributed by atoms with Gasteiger partial charge in [0.2, 0.25) is 0 Å². The lowest BCUT2D eigenvalue weighted by Crippen LogP contribution is -2.17. The number of nitrogens with zero attached hydrogens (tertiary/aromatic N) is 2. The molecule has 3 aromatic carbocycles. The average Bonchev–Trinajstić information content (AvgIpc) is 3.19. The summed E-state index contributed by atoms with van der Waals surface area (Å²) < 4.78 is 5.40. The first-order valence-corrected chi connectivity index (χ1v) is 9.97. The van der Waals surface area contributed by atoms with Gasteiger partial charge in [-0.25, -0.2) is 10.4 Å². The fourth-order valence-corrected chi connectivity index (χ4v) is 3.30. The number of H-pyrrole nitrogens is 1. The number of benzene rings is 3. The van der Waals surface area contributed by atoms with Crippen molar-refractivity contribution in [2.45, 2.75) is 6.92 Å². The molecule has 0 aliphatic carbocycles. The largest absolute Gasteiger partial charge is 0.507 e. The van der Waals surface area contributed by atoms with Crippen molar-refractivity contribution in [2.75, 3.05) is 6.61 Å². The zero-order valence-corrected chi connectivity index (χ0v) is 17.3. The first-order valence-electron chi connectivity index (χ1n) is 9.59. The molecule has 4 aromatic rings. The number of imidazole rings is 1. The van der Waals surface area contributed by atoms with Crippen molar-refractivity contribution in [3.63, 3.8) is 0 Å². The highest BCUT2D eigenvalue weighted by molar-refractivity contribution is 6.32. The summed E-state index contributed by atoms with van der Waals surface area (Å²) in [6.45, 7) is 2.41. The number of phenolic OH excluding ortho intramolecular Hbond substituents is 1. The molecule has 7 nitrogen and oxygen atoms in total. The maximum Gasteiger partial charge on any atom is 0.271 e. The summed E-state index contributed by atoms with van der Waals surface area (Å²) in [5.74, 6) is 0.884. The Kier molecular flexibility index (Phi) is 5.86. The maximum atomic E-state index is 12.5. The highest BCUT2D eigenvalue weighted by atomic mass is 35.5. The minimum absolute atomic E-state index is 0.128. The zero-order valence-electron chi connectivity index (χ0n) is 16.6. The van der Waals surface area contributed by atoms with E-state index in [0.717, 1.165) is 5.56 Å². The van der Waals surface area contributed by atoms with Crippen LogP contribution in [-0.2, 0) is 0 Å². The summed E-state index contributed by atoms with van der Waals surface area (Å²) in [6.07, 6.45) is 1.50. The number of ether oxygens (including phenoxy) is 1. The Labute approximate surface area is 183 Å². The van der Waals surface area contributed by atoms with Crippen LogP contribution < -0.4 is 10.2 Å². The van der Waals surface area contributed by atoms with Crippen LogP contribution in [0.15, 0.2) is 65.8 Å². The molecule has 0 unspecified atom stereocenters. The number of hydrogen-bond acceptors (Lipinski definition) is 5. The Balaban J connectivity index is 1.48. The molecule has 156 valence electrons. The van der Waals surface area contributed by atoms with E-state index in [1.807, 2.05) is 13.0 Å². The van der Waals surface area contributed by atoms with Crippen LogP contribution in [0.4, 0.5) is 0 Å². The first kappa shape index (κ1) is 20.4. The van der Waals surface area contributed by atoms with E-state index in [0.29, 0.717) is 45.4 Å². The predicted octanol–water partition coefficient (Wildman–Crippen LogP) is 4.75. The lowest BCUT2D eigenvalue weighted by molar-refractivity contribution is 0.0955. The van der Waals surface area contributed by atoms with Gasteiger partial charge in [-0.1, -0.05) is 23.7 Å². The van der Waals surface area contributed by atoms with Gasteiger partial charge in [-0.05, 0) is 61.0 Å². The summed E-state index contributed by atoms with van der Waals surface area (Å²) in [5, 5.41) is 14.5. The van der Waals surface area contributed by atoms with E-state index in [-0.39, 0.29) is 11.7 Å². The number of fused-ring (bicyclic) bond motifs is 1. The van der Waals surface area contributed by atoms with Gasteiger partial charge in [0.15, 0.2) is 0 Å². The number of aromatic amines is 1. The van der Waals surface area contributed by atoms with Crippen LogP contribution in [0.25, 0.3) is 22.4 Å². The number of halogens is 1. The van der Waals surface area contributed by atoms with Gasteiger partial charge >= 0.3 is 0 Å². The summed E-state index contributed by atoms with van der Waals surface area (Å²) in [5.41, 5.74) is 5.59. The number of hydrazone groups is 1. The summed E-state index contributed by atoms with van der Waals surface area (Å²) in [6, 6.07) is 17.3.